The Labute approximate surface area is 211 Å². The van der Waals surface area contributed by atoms with Crippen LogP contribution in [-0.2, 0) is 29.0 Å². The SMILES string of the molecule is CC(C)NC(=O)[C@H](Cc1ccccc1)N(Cc1ccc(F)cc1)C(=O)CCc1ccc2c(c1)OCO2. The molecule has 1 N–H and O–H groups in total. The van der Waals surface area contributed by atoms with E-state index in [4.69, 9.17) is 9.47 Å². The van der Waals surface area contributed by atoms with Crippen LogP contribution in [0.1, 0.15) is 37.0 Å². The number of carbonyl (C=O) groups excluding carboxylic acids is 2. The standard InChI is InChI=1S/C29H31FN2O4/c1-20(2)31-29(34)25(16-21-6-4-3-5-7-21)32(18-23-8-12-24(30)13-9-23)28(33)15-11-22-10-14-26-27(17-22)36-19-35-26/h3-10,12-14,17,20,25H,11,15-16,18-19H2,1-2H3,(H,31,34)/t25-/m0/s1. The zero-order chi connectivity index (χ0) is 25.5. The van der Waals surface area contributed by atoms with Crippen molar-refractivity contribution in [2.24, 2.45) is 0 Å². The summed E-state index contributed by atoms with van der Waals surface area (Å²) < 4.78 is 24.4. The lowest BCUT2D eigenvalue weighted by Crippen LogP contribution is -2.51. The first-order valence-electron chi connectivity index (χ1n) is 12.2. The average molecular weight is 491 g/mol. The second kappa shape index (κ2) is 11.7. The van der Waals surface area contributed by atoms with Crippen LogP contribution < -0.4 is 14.8 Å². The van der Waals surface area contributed by atoms with Crippen LogP contribution in [0.2, 0.25) is 0 Å². The lowest BCUT2D eigenvalue weighted by atomic mass is 10.0. The molecule has 1 heterocycles. The van der Waals surface area contributed by atoms with Crippen LogP contribution in [0.5, 0.6) is 11.5 Å². The number of hydrogen-bond donors (Lipinski definition) is 1. The van der Waals surface area contributed by atoms with Crippen LogP contribution >= 0.6 is 0 Å². The first-order chi connectivity index (χ1) is 17.4. The highest BCUT2D eigenvalue weighted by Crippen LogP contribution is 2.33. The minimum absolute atomic E-state index is 0.0767. The van der Waals surface area contributed by atoms with Gasteiger partial charge in [0.1, 0.15) is 11.9 Å². The molecule has 0 saturated heterocycles. The molecule has 1 aliphatic rings. The van der Waals surface area contributed by atoms with Gasteiger partial charge < -0.3 is 19.7 Å². The van der Waals surface area contributed by atoms with E-state index in [1.165, 1.54) is 12.1 Å². The monoisotopic (exact) mass is 490 g/mol. The number of ether oxygens (including phenoxy) is 2. The predicted molar refractivity (Wildman–Crippen MR) is 135 cm³/mol. The van der Waals surface area contributed by atoms with Crippen molar-refractivity contribution in [1.29, 1.82) is 0 Å². The van der Waals surface area contributed by atoms with E-state index in [1.807, 2.05) is 62.4 Å². The highest BCUT2D eigenvalue weighted by Gasteiger charge is 2.30. The summed E-state index contributed by atoms with van der Waals surface area (Å²) in [5, 5.41) is 2.97. The average Bonchev–Trinajstić information content (AvgIpc) is 3.34. The molecule has 3 aromatic rings. The molecule has 0 aliphatic carbocycles. The number of aryl methyl sites for hydroxylation is 1. The summed E-state index contributed by atoms with van der Waals surface area (Å²) >= 11 is 0. The predicted octanol–water partition coefficient (Wildman–Crippen LogP) is 4.65. The maximum Gasteiger partial charge on any atom is 0.243 e. The molecule has 0 bridgehead atoms. The van der Waals surface area contributed by atoms with E-state index in [-0.39, 0.29) is 43.4 Å². The number of amides is 2. The Bertz CT molecular complexity index is 1180. The fourth-order valence-electron chi connectivity index (χ4n) is 4.21. The van der Waals surface area contributed by atoms with Crippen molar-refractivity contribution in [1.82, 2.24) is 10.2 Å². The second-order valence-corrected chi connectivity index (χ2v) is 9.20. The summed E-state index contributed by atoms with van der Waals surface area (Å²) in [6.07, 6.45) is 1.07. The van der Waals surface area contributed by atoms with Crippen LogP contribution in [-0.4, -0.2) is 35.6 Å². The zero-order valence-corrected chi connectivity index (χ0v) is 20.6. The van der Waals surface area contributed by atoms with E-state index in [0.717, 1.165) is 16.7 Å². The molecular formula is C29H31FN2O4. The smallest absolute Gasteiger partial charge is 0.243 e. The first kappa shape index (κ1) is 25.2. The van der Waals surface area contributed by atoms with Gasteiger partial charge >= 0.3 is 0 Å². The van der Waals surface area contributed by atoms with Gasteiger partial charge in [-0.05, 0) is 61.2 Å². The Balaban J connectivity index is 1.59. The minimum atomic E-state index is -0.718. The summed E-state index contributed by atoms with van der Waals surface area (Å²) in [5.74, 6) is 0.639. The summed E-state index contributed by atoms with van der Waals surface area (Å²) in [5.41, 5.74) is 2.65. The molecule has 7 heteroatoms. The Morgan fingerprint density at radius 3 is 2.33 bits per heavy atom. The van der Waals surface area contributed by atoms with E-state index in [1.54, 1.807) is 17.0 Å². The molecule has 4 rings (SSSR count). The van der Waals surface area contributed by atoms with Crippen LogP contribution in [0.15, 0.2) is 72.8 Å². The van der Waals surface area contributed by atoms with Crippen LogP contribution in [0.25, 0.3) is 0 Å². The molecule has 36 heavy (non-hydrogen) atoms. The maximum absolute atomic E-state index is 13.7. The Kier molecular flexibility index (Phi) is 8.21. The second-order valence-electron chi connectivity index (χ2n) is 9.20. The summed E-state index contributed by atoms with van der Waals surface area (Å²) in [7, 11) is 0. The van der Waals surface area contributed by atoms with Gasteiger partial charge in [0.2, 0.25) is 18.6 Å². The van der Waals surface area contributed by atoms with Gasteiger partial charge in [-0.2, -0.15) is 0 Å². The molecule has 6 nitrogen and oxygen atoms in total. The number of nitrogens with zero attached hydrogens (tertiary/aromatic N) is 1. The van der Waals surface area contributed by atoms with Crippen LogP contribution in [0.4, 0.5) is 4.39 Å². The number of fused-ring (bicyclic) bond motifs is 1. The number of rotatable bonds is 10. The lowest BCUT2D eigenvalue weighted by molar-refractivity contribution is -0.141. The van der Waals surface area contributed by atoms with Gasteiger partial charge in [0.15, 0.2) is 11.5 Å². The quantitative estimate of drug-likeness (QED) is 0.449. The lowest BCUT2D eigenvalue weighted by Gasteiger charge is -2.32. The van der Waals surface area contributed by atoms with Crippen molar-refractivity contribution in [2.45, 2.75) is 51.7 Å². The minimum Gasteiger partial charge on any atom is -0.454 e. The highest BCUT2D eigenvalue weighted by molar-refractivity contribution is 5.88. The molecule has 1 atom stereocenters. The van der Waals surface area contributed by atoms with E-state index < -0.39 is 6.04 Å². The van der Waals surface area contributed by atoms with Crippen LogP contribution in [0.3, 0.4) is 0 Å². The fraction of sp³-hybridized carbons (Fsp3) is 0.310. The number of benzene rings is 3. The number of carbonyl (C=O) groups is 2. The van der Waals surface area contributed by atoms with Gasteiger partial charge in [-0.25, -0.2) is 4.39 Å². The molecule has 0 spiro atoms. The molecule has 2 amide bonds. The molecule has 0 fully saturated rings. The van der Waals surface area contributed by atoms with Crippen molar-refractivity contribution in [3.63, 3.8) is 0 Å². The third-order valence-electron chi connectivity index (χ3n) is 6.03. The summed E-state index contributed by atoms with van der Waals surface area (Å²) in [4.78, 5) is 28.6. The molecule has 3 aromatic carbocycles. The van der Waals surface area contributed by atoms with Gasteiger partial charge in [0.05, 0.1) is 0 Å². The van der Waals surface area contributed by atoms with Gasteiger partial charge in [0, 0.05) is 25.4 Å². The molecule has 0 aromatic heterocycles. The number of halogens is 1. The largest absolute Gasteiger partial charge is 0.454 e. The van der Waals surface area contributed by atoms with E-state index in [2.05, 4.69) is 5.32 Å². The topological polar surface area (TPSA) is 67.9 Å². The Morgan fingerprint density at radius 1 is 0.917 bits per heavy atom. The van der Waals surface area contributed by atoms with Crippen molar-refractivity contribution < 1.29 is 23.5 Å². The third-order valence-corrected chi connectivity index (χ3v) is 6.03. The van der Waals surface area contributed by atoms with Gasteiger partial charge in [0.25, 0.3) is 0 Å². The van der Waals surface area contributed by atoms with Gasteiger partial charge in [-0.3, -0.25) is 9.59 Å². The summed E-state index contributed by atoms with van der Waals surface area (Å²) in [6, 6.07) is 20.5. The fourth-order valence-corrected chi connectivity index (χ4v) is 4.21. The van der Waals surface area contributed by atoms with E-state index in [0.29, 0.717) is 24.3 Å². The first-order valence-corrected chi connectivity index (χ1v) is 12.2. The summed E-state index contributed by atoms with van der Waals surface area (Å²) in [6.45, 7) is 4.17. The number of nitrogens with one attached hydrogen (secondary N) is 1. The van der Waals surface area contributed by atoms with Crippen LogP contribution in [0, 0.1) is 5.82 Å². The molecular weight excluding hydrogens is 459 g/mol. The van der Waals surface area contributed by atoms with Crippen molar-refractivity contribution >= 4 is 11.8 Å². The van der Waals surface area contributed by atoms with Crippen molar-refractivity contribution in [2.75, 3.05) is 6.79 Å². The number of hydrogen-bond acceptors (Lipinski definition) is 4. The molecule has 1 aliphatic heterocycles. The highest BCUT2D eigenvalue weighted by atomic mass is 19.1. The third kappa shape index (κ3) is 6.62. The van der Waals surface area contributed by atoms with Gasteiger partial charge in [-0.15, -0.1) is 0 Å². The van der Waals surface area contributed by atoms with E-state index >= 15 is 0 Å². The van der Waals surface area contributed by atoms with Crippen molar-refractivity contribution in [3.05, 3.63) is 95.3 Å². The van der Waals surface area contributed by atoms with E-state index in [9.17, 15) is 14.0 Å². The Hall–Kier alpha value is -3.87. The van der Waals surface area contributed by atoms with Crippen molar-refractivity contribution in [3.8, 4) is 11.5 Å². The molecule has 0 radical (unpaired) electrons. The van der Waals surface area contributed by atoms with Gasteiger partial charge in [-0.1, -0.05) is 48.5 Å². The zero-order valence-electron chi connectivity index (χ0n) is 20.6. The normalized spacial score (nSPS) is 12.9. The molecule has 0 saturated carbocycles. The molecule has 188 valence electrons. The molecule has 0 unspecified atom stereocenters. The Morgan fingerprint density at radius 2 is 1.61 bits per heavy atom. The maximum atomic E-state index is 13.7.